The van der Waals surface area contributed by atoms with E-state index in [1.165, 1.54) is 13.8 Å². The van der Waals surface area contributed by atoms with Crippen molar-refractivity contribution in [1.82, 2.24) is 0 Å². The third kappa shape index (κ3) is 20.7. The number of aliphatic hydroxyl groups excluding tert-OH is 4. The molecule has 0 radical (unpaired) electrons. The Bertz CT molecular complexity index is 591. The normalized spacial score (nSPS) is 15.1. The lowest BCUT2D eigenvalue weighted by Gasteiger charge is -2.19. The van der Waals surface area contributed by atoms with E-state index in [9.17, 15) is 9.59 Å². The summed E-state index contributed by atoms with van der Waals surface area (Å²) in [5, 5.41) is 35.4. The number of hydrogen-bond acceptors (Lipinski definition) is 11. The summed E-state index contributed by atoms with van der Waals surface area (Å²) >= 11 is 0. The minimum Gasteiger partial charge on any atom is -0.458 e. The van der Waals surface area contributed by atoms with Crippen LogP contribution in [0.2, 0.25) is 0 Å². The molecular weight excluding hydrogens is 452 g/mol. The van der Waals surface area contributed by atoms with Crippen molar-refractivity contribution in [2.75, 3.05) is 46.2 Å². The lowest BCUT2D eigenvalue weighted by atomic mass is 10.3. The van der Waals surface area contributed by atoms with Crippen molar-refractivity contribution in [3.8, 4) is 0 Å². The number of rotatable bonds is 17. The van der Waals surface area contributed by atoms with Crippen LogP contribution in [0.1, 0.15) is 34.6 Å². The second-order valence-electron chi connectivity index (χ2n) is 7.88. The highest BCUT2D eigenvalue weighted by atomic mass is 16.6. The number of aliphatic hydroxyl groups is 4. The second kappa shape index (κ2) is 20.5. The molecule has 0 aliphatic heterocycles. The Labute approximate surface area is 201 Å². The van der Waals surface area contributed by atoms with Crippen LogP contribution < -0.4 is 0 Å². The van der Waals surface area contributed by atoms with Gasteiger partial charge in [-0.1, -0.05) is 13.2 Å². The summed E-state index contributed by atoms with van der Waals surface area (Å²) in [7, 11) is 0. The van der Waals surface area contributed by atoms with Crippen molar-refractivity contribution in [1.29, 1.82) is 0 Å². The fraction of sp³-hybridized carbons (Fsp3) is 0.739. The van der Waals surface area contributed by atoms with Gasteiger partial charge in [-0.15, -0.1) is 0 Å². The van der Waals surface area contributed by atoms with Gasteiger partial charge in [0.15, 0.2) is 6.10 Å². The van der Waals surface area contributed by atoms with Crippen LogP contribution in [-0.4, -0.2) is 109 Å². The first kappa shape index (κ1) is 34.3. The zero-order valence-corrected chi connectivity index (χ0v) is 20.9. The molecule has 0 aliphatic carbocycles. The molecule has 34 heavy (non-hydrogen) atoms. The smallest absolute Gasteiger partial charge is 0.333 e. The Balaban J connectivity index is 0. The van der Waals surface area contributed by atoms with Gasteiger partial charge in [0.2, 0.25) is 0 Å². The van der Waals surface area contributed by atoms with E-state index in [2.05, 4.69) is 13.2 Å². The van der Waals surface area contributed by atoms with Crippen molar-refractivity contribution in [2.24, 2.45) is 0 Å². The van der Waals surface area contributed by atoms with Crippen molar-refractivity contribution in [3.05, 3.63) is 24.3 Å². The van der Waals surface area contributed by atoms with Crippen molar-refractivity contribution in [2.45, 2.75) is 65.1 Å². The number of ether oxygens (including phenoxy) is 5. The zero-order chi connectivity index (χ0) is 26.7. The lowest BCUT2D eigenvalue weighted by molar-refractivity contribution is -0.158. The molecule has 0 bridgehead atoms. The number of hydrogen-bond donors (Lipinski definition) is 4. The fourth-order valence-electron chi connectivity index (χ4n) is 1.75. The van der Waals surface area contributed by atoms with Gasteiger partial charge in [-0.25, -0.2) is 9.59 Å². The summed E-state index contributed by atoms with van der Waals surface area (Å²) in [6.07, 6.45) is -2.53. The van der Waals surface area contributed by atoms with Crippen molar-refractivity contribution in [3.63, 3.8) is 0 Å². The van der Waals surface area contributed by atoms with Gasteiger partial charge < -0.3 is 44.1 Å². The molecule has 0 amide bonds. The Morgan fingerprint density at radius 3 is 1.79 bits per heavy atom. The maximum atomic E-state index is 11.5. The quantitative estimate of drug-likeness (QED) is 0.161. The first-order valence-electron chi connectivity index (χ1n) is 10.9. The molecule has 0 saturated heterocycles. The molecule has 0 aliphatic rings. The highest BCUT2D eigenvalue weighted by Gasteiger charge is 2.18. The standard InChI is InChI=1S/C14H22O7.C9H20O4/c1-9(2)13(17)20-8-12(21-14(18)10(3)4)7-19-6-11(16)5-15;1-7(11)5-12-9(3)6-13-8(2)4-10/h11-12,15-16H,1,3,5-8H2,2,4H3;7-11H,4-6H2,1-3H3. The van der Waals surface area contributed by atoms with E-state index in [0.29, 0.717) is 13.2 Å². The second-order valence-corrected chi connectivity index (χ2v) is 7.88. The summed E-state index contributed by atoms with van der Waals surface area (Å²) in [4.78, 5) is 22.8. The lowest BCUT2D eigenvalue weighted by Crippen LogP contribution is -2.32. The van der Waals surface area contributed by atoms with Crippen LogP contribution in [0.5, 0.6) is 0 Å². The highest BCUT2D eigenvalue weighted by molar-refractivity contribution is 5.87. The molecule has 0 fully saturated rings. The first-order valence-corrected chi connectivity index (χ1v) is 10.9. The Morgan fingerprint density at radius 2 is 1.32 bits per heavy atom. The summed E-state index contributed by atoms with van der Waals surface area (Å²) < 4.78 is 25.5. The molecule has 4 N–H and O–H groups in total. The van der Waals surface area contributed by atoms with E-state index in [1.807, 2.05) is 6.92 Å². The Kier molecular flexibility index (Phi) is 20.7. The zero-order valence-electron chi connectivity index (χ0n) is 20.9. The summed E-state index contributed by atoms with van der Waals surface area (Å²) in [6.45, 7) is 15.1. The van der Waals surface area contributed by atoms with Gasteiger partial charge in [-0.05, 0) is 34.6 Å². The third-order valence-corrected chi connectivity index (χ3v) is 3.69. The van der Waals surface area contributed by atoms with Crippen LogP contribution in [0.4, 0.5) is 0 Å². The molecule has 0 aromatic carbocycles. The van der Waals surface area contributed by atoms with Crippen molar-refractivity contribution >= 4 is 11.9 Å². The van der Waals surface area contributed by atoms with Gasteiger partial charge in [-0.3, -0.25) is 0 Å². The van der Waals surface area contributed by atoms with E-state index in [4.69, 9.17) is 44.1 Å². The van der Waals surface area contributed by atoms with Crippen molar-refractivity contribution < 1.29 is 53.7 Å². The first-order chi connectivity index (χ1) is 15.8. The number of carbonyl (C=O) groups excluding carboxylic acids is 2. The number of esters is 2. The molecule has 0 aromatic heterocycles. The van der Waals surface area contributed by atoms with Crippen LogP contribution in [0.25, 0.3) is 0 Å². The van der Waals surface area contributed by atoms with E-state index in [1.54, 1.807) is 13.8 Å². The van der Waals surface area contributed by atoms with Gasteiger partial charge >= 0.3 is 11.9 Å². The third-order valence-electron chi connectivity index (χ3n) is 3.69. The molecule has 200 valence electrons. The van der Waals surface area contributed by atoms with E-state index < -0.39 is 36.9 Å². The van der Waals surface area contributed by atoms with E-state index in [0.717, 1.165) is 0 Å². The van der Waals surface area contributed by atoms with Crippen LogP contribution >= 0.6 is 0 Å². The highest BCUT2D eigenvalue weighted by Crippen LogP contribution is 2.03. The maximum absolute atomic E-state index is 11.5. The fourth-order valence-corrected chi connectivity index (χ4v) is 1.75. The average Bonchev–Trinajstić information content (AvgIpc) is 2.78. The molecule has 0 aromatic rings. The molecule has 5 atom stereocenters. The van der Waals surface area contributed by atoms with Gasteiger partial charge in [-0.2, -0.15) is 0 Å². The predicted octanol–water partition coefficient (Wildman–Crippen LogP) is 0.133. The molecule has 0 heterocycles. The summed E-state index contributed by atoms with van der Waals surface area (Å²) in [5.74, 6) is -1.25. The molecule has 11 nitrogen and oxygen atoms in total. The van der Waals surface area contributed by atoms with E-state index in [-0.39, 0.29) is 49.8 Å². The monoisotopic (exact) mass is 494 g/mol. The SMILES string of the molecule is C=C(C)C(=O)OCC(COCC(O)CO)OC(=O)C(=C)C.CC(O)COC(C)COC(C)CO. The summed E-state index contributed by atoms with van der Waals surface area (Å²) in [6, 6.07) is 0. The minimum absolute atomic E-state index is 0.0170. The average molecular weight is 495 g/mol. The largest absolute Gasteiger partial charge is 0.458 e. The molecule has 0 saturated carbocycles. The minimum atomic E-state index is -1.03. The molecule has 0 spiro atoms. The topological polar surface area (TPSA) is 161 Å². The van der Waals surface area contributed by atoms with Gasteiger partial charge in [0.05, 0.1) is 58.0 Å². The molecule has 0 rings (SSSR count). The molecule has 11 heteroatoms. The van der Waals surface area contributed by atoms with E-state index >= 15 is 0 Å². The van der Waals surface area contributed by atoms with Gasteiger partial charge in [0.25, 0.3) is 0 Å². The number of carbonyl (C=O) groups is 2. The molecule has 5 unspecified atom stereocenters. The summed E-state index contributed by atoms with van der Waals surface area (Å²) in [5.41, 5.74) is 0.415. The van der Waals surface area contributed by atoms with Crippen LogP contribution in [0.3, 0.4) is 0 Å². The van der Waals surface area contributed by atoms with Crippen LogP contribution in [0.15, 0.2) is 24.3 Å². The van der Waals surface area contributed by atoms with Crippen LogP contribution in [-0.2, 0) is 33.3 Å². The van der Waals surface area contributed by atoms with Gasteiger partial charge in [0.1, 0.15) is 12.7 Å². The predicted molar refractivity (Wildman–Crippen MR) is 124 cm³/mol. The Hall–Kier alpha value is -1.86. The maximum Gasteiger partial charge on any atom is 0.333 e. The Morgan fingerprint density at radius 1 is 0.765 bits per heavy atom. The molecular formula is C23H42O11. The van der Waals surface area contributed by atoms with Gasteiger partial charge in [0, 0.05) is 11.1 Å². The van der Waals surface area contributed by atoms with Crippen LogP contribution in [0, 0.1) is 0 Å².